The van der Waals surface area contributed by atoms with E-state index < -0.39 is 10.0 Å². The molecule has 19 heavy (non-hydrogen) atoms. The fourth-order valence-electron chi connectivity index (χ4n) is 1.58. The molecule has 102 valence electrons. The molecular weight excluding hydrogens is 354 g/mol. The van der Waals surface area contributed by atoms with E-state index in [1.807, 2.05) is 0 Å². The highest BCUT2D eigenvalue weighted by molar-refractivity contribution is 9.10. The van der Waals surface area contributed by atoms with Crippen molar-refractivity contribution in [3.05, 3.63) is 51.9 Å². The highest BCUT2D eigenvalue weighted by Gasteiger charge is 2.23. The number of sulfonamides is 1. The molecule has 2 rings (SSSR count). The molecule has 0 atom stereocenters. The van der Waals surface area contributed by atoms with Gasteiger partial charge in [-0.2, -0.15) is 4.31 Å². The van der Waals surface area contributed by atoms with Crippen molar-refractivity contribution in [3.8, 4) is 0 Å². The number of benzene rings is 1. The van der Waals surface area contributed by atoms with Crippen LogP contribution in [0.1, 0.15) is 5.56 Å². The van der Waals surface area contributed by atoms with Crippen LogP contribution in [-0.2, 0) is 16.6 Å². The maximum Gasteiger partial charge on any atom is 0.244 e. The number of hydrogen-bond donors (Lipinski definition) is 0. The lowest BCUT2D eigenvalue weighted by molar-refractivity contribution is 0.463. The molecule has 0 saturated carbocycles. The Hall–Kier alpha value is -0.820. The molecular formula is C12H11BrClNO3S. The molecule has 2 aromatic rings. The van der Waals surface area contributed by atoms with E-state index in [9.17, 15) is 8.42 Å². The van der Waals surface area contributed by atoms with E-state index in [0.717, 1.165) is 10.0 Å². The summed E-state index contributed by atoms with van der Waals surface area (Å²) in [6.07, 6.45) is 3.01. The van der Waals surface area contributed by atoms with Crippen LogP contribution in [0.15, 0.2) is 50.6 Å². The zero-order valence-electron chi connectivity index (χ0n) is 10.0. The maximum atomic E-state index is 12.4. The fourth-order valence-corrected chi connectivity index (χ4v) is 3.74. The van der Waals surface area contributed by atoms with Crippen molar-refractivity contribution in [2.24, 2.45) is 0 Å². The van der Waals surface area contributed by atoms with Crippen LogP contribution in [0.25, 0.3) is 0 Å². The predicted octanol–water partition coefficient (Wildman–Crippen LogP) is 3.52. The smallest absolute Gasteiger partial charge is 0.244 e. The minimum absolute atomic E-state index is 0.0864. The molecule has 0 unspecified atom stereocenters. The fraction of sp³-hybridized carbons (Fsp3) is 0.167. The van der Waals surface area contributed by atoms with E-state index in [1.165, 1.54) is 29.9 Å². The zero-order chi connectivity index (χ0) is 14.0. The lowest BCUT2D eigenvalue weighted by Crippen LogP contribution is -2.26. The maximum absolute atomic E-state index is 12.4. The quantitative estimate of drug-likeness (QED) is 0.834. The van der Waals surface area contributed by atoms with Gasteiger partial charge >= 0.3 is 0 Å². The van der Waals surface area contributed by atoms with Crippen LogP contribution in [0.4, 0.5) is 0 Å². The Morgan fingerprint density at radius 1 is 1.37 bits per heavy atom. The minimum atomic E-state index is -3.62. The van der Waals surface area contributed by atoms with Gasteiger partial charge < -0.3 is 4.42 Å². The van der Waals surface area contributed by atoms with Crippen LogP contribution in [0, 0.1) is 0 Å². The average molecular weight is 365 g/mol. The first kappa shape index (κ1) is 14.6. The SMILES string of the molecule is CN(Cc1ccoc1)S(=O)(=O)c1ccc(Br)cc1Cl. The molecule has 0 radical (unpaired) electrons. The van der Waals surface area contributed by atoms with E-state index in [-0.39, 0.29) is 16.5 Å². The van der Waals surface area contributed by atoms with Crippen molar-refractivity contribution in [1.29, 1.82) is 0 Å². The van der Waals surface area contributed by atoms with Crippen LogP contribution in [0.5, 0.6) is 0 Å². The molecule has 4 nitrogen and oxygen atoms in total. The Bertz CT molecular complexity index is 670. The second-order valence-electron chi connectivity index (χ2n) is 3.97. The summed E-state index contributed by atoms with van der Waals surface area (Å²) in [5.41, 5.74) is 0.777. The van der Waals surface area contributed by atoms with Gasteiger partial charge in [0, 0.05) is 23.6 Å². The Morgan fingerprint density at radius 3 is 2.68 bits per heavy atom. The second kappa shape index (κ2) is 5.66. The van der Waals surface area contributed by atoms with Crippen LogP contribution >= 0.6 is 27.5 Å². The normalized spacial score (nSPS) is 12.0. The first-order valence-corrected chi connectivity index (χ1v) is 7.95. The largest absolute Gasteiger partial charge is 0.472 e. The molecule has 0 amide bonds. The third kappa shape index (κ3) is 3.20. The molecule has 0 aliphatic rings. The van der Waals surface area contributed by atoms with E-state index in [2.05, 4.69) is 15.9 Å². The van der Waals surface area contributed by atoms with Gasteiger partial charge in [-0.1, -0.05) is 27.5 Å². The first-order valence-electron chi connectivity index (χ1n) is 5.34. The molecule has 1 aromatic carbocycles. The van der Waals surface area contributed by atoms with Gasteiger partial charge in [-0.15, -0.1) is 0 Å². The molecule has 0 bridgehead atoms. The zero-order valence-corrected chi connectivity index (χ0v) is 13.2. The van der Waals surface area contributed by atoms with Gasteiger partial charge in [0.05, 0.1) is 17.5 Å². The van der Waals surface area contributed by atoms with Crippen molar-refractivity contribution in [1.82, 2.24) is 4.31 Å². The predicted molar refractivity (Wildman–Crippen MR) is 76.5 cm³/mol. The summed E-state index contributed by atoms with van der Waals surface area (Å²) in [6, 6.07) is 6.40. The van der Waals surface area contributed by atoms with Crippen molar-refractivity contribution in [2.45, 2.75) is 11.4 Å². The van der Waals surface area contributed by atoms with Crippen molar-refractivity contribution in [3.63, 3.8) is 0 Å². The standard InChI is InChI=1S/C12H11BrClNO3S/c1-15(7-9-4-5-18-8-9)19(16,17)12-3-2-10(13)6-11(12)14/h2-6,8H,7H2,1H3. The molecule has 0 aliphatic heterocycles. The number of hydrogen-bond acceptors (Lipinski definition) is 3. The van der Waals surface area contributed by atoms with Gasteiger partial charge in [0.1, 0.15) is 4.90 Å². The van der Waals surface area contributed by atoms with Crippen molar-refractivity contribution >= 4 is 37.6 Å². The molecule has 1 heterocycles. The molecule has 0 saturated heterocycles. The number of furan rings is 1. The van der Waals surface area contributed by atoms with Gasteiger partial charge in [0.2, 0.25) is 10.0 Å². The summed E-state index contributed by atoms with van der Waals surface area (Å²) < 4.78 is 31.7. The highest BCUT2D eigenvalue weighted by atomic mass is 79.9. The summed E-state index contributed by atoms with van der Waals surface area (Å²) in [7, 11) is -2.12. The van der Waals surface area contributed by atoms with Crippen LogP contribution < -0.4 is 0 Å². The van der Waals surface area contributed by atoms with Crippen LogP contribution in [-0.4, -0.2) is 19.8 Å². The van der Waals surface area contributed by atoms with E-state index >= 15 is 0 Å². The van der Waals surface area contributed by atoms with Crippen molar-refractivity contribution in [2.75, 3.05) is 7.05 Å². The highest BCUT2D eigenvalue weighted by Crippen LogP contribution is 2.27. The van der Waals surface area contributed by atoms with Gasteiger partial charge in [-0.3, -0.25) is 0 Å². The van der Waals surface area contributed by atoms with Crippen molar-refractivity contribution < 1.29 is 12.8 Å². The summed E-state index contributed by atoms with van der Waals surface area (Å²) in [5, 5.41) is 0.188. The molecule has 1 aromatic heterocycles. The third-order valence-electron chi connectivity index (χ3n) is 2.57. The monoisotopic (exact) mass is 363 g/mol. The summed E-state index contributed by atoms with van der Waals surface area (Å²) >= 11 is 9.23. The number of halogens is 2. The van der Waals surface area contributed by atoms with Crippen LogP contribution in [0.3, 0.4) is 0 Å². The van der Waals surface area contributed by atoms with Gasteiger partial charge in [0.25, 0.3) is 0 Å². The van der Waals surface area contributed by atoms with E-state index in [1.54, 1.807) is 18.2 Å². The molecule has 0 aliphatic carbocycles. The Balaban J connectivity index is 2.31. The number of rotatable bonds is 4. The summed E-state index contributed by atoms with van der Waals surface area (Å²) in [5.74, 6) is 0. The lowest BCUT2D eigenvalue weighted by atomic mass is 10.3. The Labute approximate surface area is 125 Å². The third-order valence-corrected chi connectivity index (χ3v) is 5.35. The number of nitrogens with zero attached hydrogens (tertiary/aromatic N) is 1. The average Bonchev–Trinajstić information content (AvgIpc) is 2.81. The van der Waals surface area contributed by atoms with Gasteiger partial charge in [0.15, 0.2) is 0 Å². The van der Waals surface area contributed by atoms with E-state index in [4.69, 9.17) is 16.0 Å². The molecule has 0 N–H and O–H groups in total. The first-order chi connectivity index (χ1) is 8.91. The molecule has 0 fully saturated rings. The topological polar surface area (TPSA) is 50.5 Å². The molecule has 0 spiro atoms. The summed E-state index contributed by atoms with van der Waals surface area (Å²) in [6.45, 7) is 0.227. The van der Waals surface area contributed by atoms with E-state index in [0.29, 0.717) is 0 Å². The molecule has 7 heteroatoms. The minimum Gasteiger partial charge on any atom is -0.472 e. The van der Waals surface area contributed by atoms with Gasteiger partial charge in [-0.05, 0) is 24.3 Å². The van der Waals surface area contributed by atoms with Crippen LogP contribution in [0.2, 0.25) is 5.02 Å². The summed E-state index contributed by atoms with van der Waals surface area (Å²) in [4.78, 5) is 0.0864. The second-order valence-corrected chi connectivity index (χ2v) is 7.30. The Kier molecular flexibility index (Phi) is 4.35. The lowest BCUT2D eigenvalue weighted by Gasteiger charge is -2.17. The van der Waals surface area contributed by atoms with Gasteiger partial charge in [-0.25, -0.2) is 8.42 Å². The Morgan fingerprint density at radius 2 is 2.11 bits per heavy atom.